The molecule has 0 bridgehead atoms. The summed E-state index contributed by atoms with van der Waals surface area (Å²) in [4.78, 5) is 72.8. The molecule has 0 N–H and O–H groups in total. The number of hydrogen-bond acceptors (Lipinski definition) is 18. The normalized spacial score (nSPS) is 11.9. The van der Waals surface area contributed by atoms with Crippen LogP contribution in [0.1, 0.15) is 200 Å². The summed E-state index contributed by atoms with van der Waals surface area (Å²) in [5.41, 5.74) is 1.94. The molecule has 0 saturated carbocycles. The molecule has 4 aromatic heterocycles. The van der Waals surface area contributed by atoms with Crippen LogP contribution in [0.5, 0.6) is 0 Å². The SMILES string of the molecule is CCC[CH2][Sn]([CH2]CCC)([O]C(=O)c1cccnc1SC)[O][Sn]([CH2]CCC)([CH2]CCC)[O]C(=O)c1cccnc1SC.CCC[CH2][Sn]([CH2]CCC)([O]C(=O)c1cccnc1SC)[O][Sn]([CH2]CCC)([CH2]CCC)[O]C(=O)c1cccnc1SC. The maximum atomic E-state index is 13.8. The van der Waals surface area contributed by atoms with Crippen molar-refractivity contribution >= 4 is 148 Å². The van der Waals surface area contributed by atoms with Crippen molar-refractivity contribution in [2.24, 2.45) is 0 Å². The van der Waals surface area contributed by atoms with Crippen molar-refractivity contribution in [3.05, 3.63) is 95.6 Å². The van der Waals surface area contributed by atoms with Gasteiger partial charge in [0.25, 0.3) is 0 Å². The first-order chi connectivity index (χ1) is 39.7. The number of rotatable bonds is 40. The summed E-state index contributed by atoms with van der Waals surface area (Å²) >= 11 is -10.8. The van der Waals surface area contributed by atoms with E-state index in [2.05, 4.69) is 75.3 Å². The quantitative estimate of drug-likeness (QED) is 0.0303. The predicted molar refractivity (Wildman–Crippen MR) is 349 cm³/mol. The minimum absolute atomic E-state index is 0.347. The Balaban J connectivity index is 0.000000430. The molecule has 0 atom stereocenters. The molecule has 0 amide bonds. The third kappa shape index (κ3) is 24.9. The van der Waals surface area contributed by atoms with Crippen LogP contribution in [0, 0.1) is 0 Å². The van der Waals surface area contributed by atoms with Crippen LogP contribution in [0.2, 0.25) is 35.5 Å². The predicted octanol–water partition coefficient (Wildman–Crippen LogP) is 18.1. The number of aromatic nitrogens is 4. The van der Waals surface area contributed by atoms with Crippen molar-refractivity contribution in [1.82, 2.24) is 19.9 Å². The summed E-state index contributed by atoms with van der Waals surface area (Å²) in [5.74, 6) is -1.39. The minimum atomic E-state index is -4.15. The first-order valence-electron chi connectivity index (χ1n) is 29.9. The van der Waals surface area contributed by atoms with Crippen LogP contribution in [-0.4, -0.2) is 146 Å². The molecule has 0 fully saturated rings. The number of unbranched alkanes of at least 4 members (excludes halogenated alkanes) is 8. The van der Waals surface area contributed by atoms with E-state index in [0.717, 1.165) is 138 Å². The van der Waals surface area contributed by atoms with Crippen LogP contribution >= 0.6 is 47.0 Å². The molecule has 0 aromatic carbocycles. The van der Waals surface area contributed by atoms with Crippen molar-refractivity contribution in [2.75, 3.05) is 25.0 Å². The summed E-state index contributed by atoms with van der Waals surface area (Å²) in [6.07, 6.45) is 29.7. The molecule has 0 unspecified atom stereocenters. The molecule has 0 spiro atoms. The summed E-state index contributed by atoms with van der Waals surface area (Å²) in [6, 6.07) is 14.2. The molecule has 4 rings (SSSR count). The molecule has 0 aliphatic carbocycles. The molecule has 14 nitrogen and oxygen atoms in total. The van der Waals surface area contributed by atoms with Gasteiger partial charge in [-0.15, -0.1) is 0 Å². The average Bonchev–Trinajstić information content (AvgIpc) is 3.71. The van der Waals surface area contributed by atoms with E-state index in [9.17, 15) is 19.2 Å². The number of carbonyl (C=O) groups is 4. The third-order valence-electron chi connectivity index (χ3n) is 13.9. The molecular formula is C60H96N4O10S4Sn4. The van der Waals surface area contributed by atoms with Crippen molar-refractivity contribution in [2.45, 2.75) is 214 Å². The van der Waals surface area contributed by atoms with Gasteiger partial charge in [-0.1, -0.05) is 0 Å². The monoisotopic (exact) mass is 1640 g/mol. The second kappa shape index (κ2) is 42.0. The van der Waals surface area contributed by atoms with Crippen LogP contribution in [-0.2, 0) is 15.1 Å². The van der Waals surface area contributed by atoms with Crippen molar-refractivity contribution in [3.63, 3.8) is 0 Å². The van der Waals surface area contributed by atoms with Gasteiger partial charge in [-0.25, -0.2) is 0 Å². The van der Waals surface area contributed by atoms with Gasteiger partial charge in [0.2, 0.25) is 0 Å². The fourth-order valence-corrected chi connectivity index (χ4v) is 93.7. The molecule has 4 aromatic rings. The van der Waals surface area contributed by atoms with Crippen LogP contribution < -0.4 is 0 Å². The molecule has 0 radical (unpaired) electrons. The fraction of sp³-hybridized carbons (Fsp3) is 0.600. The topological polar surface area (TPSA) is 175 Å². The molecule has 82 heavy (non-hydrogen) atoms. The zero-order valence-electron chi connectivity index (χ0n) is 51.4. The zero-order valence-corrected chi connectivity index (χ0v) is 66.1. The fourth-order valence-electron chi connectivity index (χ4n) is 9.38. The standard InChI is InChI=1S/4C7H7NO2S.8C4H9.2O.4Sn/c4*1-11-6-5(7(9)10)3-2-4-8-6;8*1-3-4-2;;;;;;/h4*2-4H,1H3,(H,9,10);8*1,3-4H2,2H3;;;;;;/q;;;;;;;;;;;;;;4*+1/p-4. The summed E-state index contributed by atoms with van der Waals surface area (Å²) in [5, 5.41) is 2.62. The summed E-state index contributed by atoms with van der Waals surface area (Å²) < 4.78 is 47.7. The Kier molecular flexibility index (Phi) is 38.6. The van der Waals surface area contributed by atoms with Crippen LogP contribution in [0.3, 0.4) is 0 Å². The first kappa shape index (κ1) is 75.2. The van der Waals surface area contributed by atoms with Crippen LogP contribution in [0.25, 0.3) is 0 Å². The summed E-state index contributed by atoms with van der Waals surface area (Å²) in [6.45, 7) is 17.2. The third-order valence-corrected chi connectivity index (χ3v) is 81.3. The Labute approximate surface area is 530 Å². The number of pyridine rings is 4. The second-order valence-electron chi connectivity index (χ2n) is 20.5. The van der Waals surface area contributed by atoms with Gasteiger partial charge in [-0.2, -0.15) is 0 Å². The number of nitrogens with zero attached hydrogens (tertiary/aromatic N) is 4. The van der Waals surface area contributed by atoms with Gasteiger partial charge in [0.1, 0.15) is 0 Å². The Hall–Kier alpha value is -1.01. The van der Waals surface area contributed by atoms with E-state index >= 15 is 0 Å². The molecule has 456 valence electrons. The van der Waals surface area contributed by atoms with Gasteiger partial charge in [0.05, 0.1) is 0 Å². The van der Waals surface area contributed by atoms with Gasteiger partial charge >= 0.3 is 536 Å². The first-order valence-corrected chi connectivity index (χ1v) is 60.3. The molecule has 0 saturated heterocycles. The van der Waals surface area contributed by atoms with Gasteiger partial charge in [-0.3, -0.25) is 0 Å². The van der Waals surface area contributed by atoms with E-state index in [0.29, 0.717) is 42.4 Å². The molecule has 22 heteroatoms. The van der Waals surface area contributed by atoms with Gasteiger partial charge < -0.3 is 0 Å². The number of carbonyl (C=O) groups excluding carboxylic acids is 4. The Morgan fingerprint density at radius 1 is 0.329 bits per heavy atom. The van der Waals surface area contributed by atoms with E-state index in [1.165, 1.54) is 47.0 Å². The Bertz CT molecular complexity index is 2150. The number of hydrogen-bond donors (Lipinski definition) is 0. The Morgan fingerprint density at radius 2 is 0.500 bits per heavy atom. The molecular weight excluding hydrogens is 1540 g/mol. The molecule has 0 aliphatic rings. The van der Waals surface area contributed by atoms with Crippen molar-refractivity contribution < 1.29 is 34.3 Å². The van der Waals surface area contributed by atoms with E-state index < -0.39 is 76.8 Å². The van der Waals surface area contributed by atoms with E-state index in [4.69, 9.17) is 15.1 Å². The van der Waals surface area contributed by atoms with Crippen molar-refractivity contribution in [3.8, 4) is 0 Å². The van der Waals surface area contributed by atoms with E-state index in [1.54, 1.807) is 73.3 Å². The van der Waals surface area contributed by atoms with E-state index in [1.807, 2.05) is 25.0 Å². The average molecular weight is 1640 g/mol. The maximum absolute atomic E-state index is 13.8. The van der Waals surface area contributed by atoms with Crippen LogP contribution in [0.4, 0.5) is 0 Å². The van der Waals surface area contributed by atoms with Gasteiger partial charge in [-0.05, 0) is 0 Å². The molecule has 0 aliphatic heterocycles. The number of thioether (sulfide) groups is 4. The summed E-state index contributed by atoms with van der Waals surface area (Å²) in [7, 11) is 0. The zero-order chi connectivity index (χ0) is 60.3. The van der Waals surface area contributed by atoms with E-state index in [-0.39, 0.29) is 23.9 Å². The van der Waals surface area contributed by atoms with Crippen molar-refractivity contribution in [1.29, 1.82) is 0 Å². The van der Waals surface area contributed by atoms with Gasteiger partial charge in [0, 0.05) is 0 Å². The van der Waals surface area contributed by atoms with Gasteiger partial charge in [0.15, 0.2) is 0 Å². The second-order valence-corrected chi connectivity index (χ2v) is 67.2. The molecule has 4 heterocycles. The van der Waals surface area contributed by atoms with Crippen LogP contribution in [0.15, 0.2) is 93.4 Å². The Morgan fingerprint density at radius 3 is 0.646 bits per heavy atom.